The zero-order valence-corrected chi connectivity index (χ0v) is 74.3. The minimum absolute atomic E-state index is 0.210. The lowest BCUT2D eigenvalue weighted by atomic mass is 10.0. The molecule has 0 saturated carbocycles. The Bertz CT molecular complexity index is 4130. The Morgan fingerprint density at radius 2 is 0.812 bits per heavy atom. The Hall–Kier alpha value is -4.79. The summed E-state index contributed by atoms with van der Waals surface area (Å²) in [5, 5.41) is 98.0. The fraction of sp³-hybridized carbons (Fsp3) is 0.616. The Morgan fingerprint density at radius 1 is 0.473 bits per heavy atom. The second kappa shape index (κ2) is 40.1. The van der Waals surface area contributed by atoms with Gasteiger partial charge in [-0.2, -0.15) is 5.10 Å². The summed E-state index contributed by atoms with van der Waals surface area (Å²) >= 11 is 8.42. The molecule has 1 aromatic heterocycles. The van der Waals surface area contributed by atoms with E-state index in [1.807, 2.05) is 20.2 Å². The van der Waals surface area contributed by atoms with Crippen LogP contribution in [-0.2, 0) is 44.9 Å². The molecule has 32 nitrogen and oxygen atoms in total. The maximum atomic E-state index is 10.6. The van der Waals surface area contributed by atoms with Crippen LogP contribution in [0, 0.1) is 11.7 Å². The van der Waals surface area contributed by atoms with Crippen molar-refractivity contribution in [2.45, 2.75) is 162 Å². The average molecular weight is 1750 g/mol. The number of nitrogens with zero attached hydrogens (tertiary/aromatic N) is 11. The highest BCUT2D eigenvalue weighted by Crippen LogP contribution is 2.45. The summed E-state index contributed by atoms with van der Waals surface area (Å²) in [6, 6.07) is 0. The number of aromatic nitrogens is 2. The molecule has 9 aliphatic heterocycles. The molecule has 0 bridgehead atoms. The van der Waals surface area contributed by atoms with E-state index in [0.29, 0.717) is 69.8 Å². The second-order valence-corrected chi connectivity index (χ2v) is 55.1. The number of nitrogens with two attached hydrogens (primary N) is 4. The first-order chi connectivity index (χ1) is 51.7. The molecule has 20 atom stereocenters. The molecule has 39 heteroatoms. The Balaban J connectivity index is 0.000000218. The normalized spacial score (nSPS) is 31.6. The van der Waals surface area contributed by atoms with E-state index in [1.54, 1.807) is 40.1 Å². The number of hydrazone groups is 1. The molecule has 0 unspecified atom stereocenters. The van der Waals surface area contributed by atoms with E-state index >= 15 is 0 Å². The van der Waals surface area contributed by atoms with E-state index in [1.165, 1.54) is 30.3 Å². The van der Waals surface area contributed by atoms with Crippen LogP contribution in [0.3, 0.4) is 0 Å². The van der Waals surface area contributed by atoms with Gasteiger partial charge in [-0.05, 0) is 165 Å². The molecule has 0 aromatic carbocycles. The van der Waals surface area contributed by atoms with Crippen LogP contribution in [0.1, 0.15) is 49.5 Å². The Labute approximate surface area is 674 Å². The molecule has 17 N–H and O–H groups in total. The van der Waals surface area contributed by atoms with Crippen molar-refractivity contribution in [3.05, 3.63) is 106 Å². The fourth-order valence-corrected chi connectivity index (χ4v) is 18.0. The van der Waals surface area contributed by atoms with Gasteiger partial charge < -0.3 is 126 Å². The van der Waals surface area contributed by atoms with Crippen LogP contribution in [0.2, 0.25) is 0 Å². The molecule has 10 rings (SSSR count). The number of halogens is 1. The van der Waals surface area contributed by atoms with Crippen molar-refractivity contribution in [3.8, 4) is 0 Å². The molecule has 632 valence electrons. The van der Waals surface area contributed by atoms with E-state index < -0.39 is 145 Å². The maximum Gasteiger partial charge on any atom is 0.199 e. The molecule has 5 fully saturated rings. The molecule has 0 amide bonds. The van der Waals surface area contributed by atoms with Gasteiger partial charge in [-0.1, -0.05) is 26.3 Å². The number of ether oxygens (including phenoxy) is 8. The topological polar surface area (TPSA) is 453 Å². The SMILES string of the molecule is C=C1N=C(N)C(Br)=CN1[C@@H]1O[C@H](CCP(=C)(C)C)[C@@H](O)[C@H]1O.C=C1N=C(N)C(OC)=CN1[C@@H]1O[C@H](CCP(=C)(C)C)[C@@H](O)[C@H]1O.C=C1N=C(N)C(OC)=CN1[C@@H]1O[C@H](CCP(=C)(C)C)[C@@H](O)[C@H]1OC.C=C1N=C(N)C=NN1[C@@H]1O[C@H](CCP(=C)(C)C)[C@@H](O)[C@H]1O.C=P(C)(C)CC[C@H]1O[C@@H](c2cn(C)c(=S)nc2C)[C@H](O)[C@@H]1O. The van der Waals surface area contributed by atoms with Crippen LogP contribution >= 0.6 is 62.6 Å². The molecule has 9 aliphatic rings. The number of methoxy groups -OCH3 is 3. The van der Waals surface area contributed by atoms with Crippen molar-refractivity contribution in [1.82, 2.24) is 29.3 Å². The van der Waals surface area contributed by atoms with Gasteiger partial charge in [0.2, 0.25) is 0 Å². The third-order valence-corrected chi connectivity index (χ3v) is 27.5. The standard InChI is InChI=1S/C16H28N3O4P.C15H26N3O4P.C15H25N2O3PS.C14H23BrN3O3P.C13H23N4O3P/c1-10-18-15(17)12(21-2)9-19(10)16-14(22-3)13(20)11(23-16)7-8-24(4,5)6;1-9-17-14(16)11(21-2)8-18(9)15-13(20)12(19)10(22-15)6-7-23(3,4)5;1-9-10(8-17(2)15(22)16-9)14-13(19)12(18)11(20-14)6-7-21(3,4)5;1-8-17-13(16)9(15)7-18(8)14-12(20)11(19)10(21-14)5-6-22(2,3)4;1-8-16-10(14)7-15-17(8)13-12(19)11(18)9(20-13)5-6-21(2,3)4/h9,11,13-14,16,20H,1,4,7-8H2,2-3,5-6H3,(H2,17,18);8,10,12-13,15,19-20H,1,3,6-7H2,2,4-5H3,(H2,16,17);8,11-14,18-19H,3,6-7H2,1-2,4-5H3;7,10-12,14,19-20H,1-2,5-6H2,3-4H3,(H2,16,17);7,9,11-13,18-19H,1-2,5-6H2,3-4H3,(H2,14,16)/t11-,13-,14-,16-;10-,12-,13-,15-;11-,12-,13-,14+;10-,11-,12-,14-;9-,11-,12-,13-/m11111/s1. The van der Waals surface area contributed by atoms with E-state index in [0.717, 1.165) is 48.5 Å². The number of rotatable bonds is 23. The van der Waals surface area contributed by atoms with Gasteiger partial charge in [-0.3, -0.25) is 0 Å². The smallest absolute Gasteiger partial charge is 0.199 e. The second-order valence-electron chi connectivity index (χ2n) is 32.3. The number of hydrogen-bond donors (Lipinski definition) is 13. The fourth-order valence-electron chi connectivity index (χ4n) is 12.7. The summed E-state index contributed by atoms with van der Waals surface area (Å²) in [5.41, 5.74) is 24.3. The highest BCUT2D eigenvalue weighted by molar-refractivity contribution is 9.12. The molecular formula is C73H125BrN15O17P5S. The van der Waals surface area contributed by atoms with Gasteiger partial charge in [0.05, 0.1) is 67.8 Å². The zero-order valence-electron chi connectivity index (χ0n) is 67.4. The molecular weight excluding hydrogens is 1630 g/mol. The Kier molecular flexibility index (Phi) is 34.4. The summed E-state index contributed by atoms with van der Waals surface area (Å²) in [7, 11) is 6.35. The van der Waals surface area contributed by atoms with Crippen molar-refractivity contribution >= 4 is 124 Å². The molecule has 112 heavy (non-hydrogen) atoms. The third-order valence-electron chi connectivity index (χ3n) is 19.2. The predicted molar refractivity (Wildman–Crippen MR) is 469 cm³/mol. The van der Waals surface area contributed by atoms with E-state index in [9.17, 15) is 46.0 Å². The highest BCUT2D eigenvalue weighted by Gasteiger charge is 2.51. The van der Waals surface area contributed by atoms with Crippen molar-refractivity contribution in [3.63, 3.8) is 0 Å². The largest absolute Gasteiger partial charge is 0.491 e. The third kappa shape index (κ3) is 26.4. The van der Waals surface area contributed by atoms with Crippen LogP contribution < -0.4 is 22.9 Å². The lowest BCUT2D eigenvalue weighted by Crippen LogP contribution is -2.43. The number of aryl methyl sites for hydroxylation is 2. The monoisotopic (exact) mass is 1750 g/mol. The predicted octanol–water partition coefficient (Wildman–Crippen LogP) is 3.28. The van der Waals surface area contributed by atoms with Gasteiger partial charge >= 0.3 is 0 Å². The molecule has 0 aliphatic carbocycles. The lowest BCUT2D eigenvalue weighted by molar-refractivity contribution is -0.0749. The maximum absolute atomic E-state index is 10.6. The van der Waals surface area contributed by atoms with Gasteiger partial charge in [0.25, 0.3) is 0 Å². The number of aliphatic hydroxyl groups excluding tert-OH is 9. The summed E-state index contributed by atoms with van der Waals surface area (Å²) in [6.45, 7) is 32.5. The summed E-state index contributed by atoms with van der Waals surface area (Å²) in [6.07, 6.45) is 22.2. The first-order valence-corrected chi connectivity index (χ1v) is 52.7. The van der Waals surface area contributed by atoms with Gasteiger partial charge in [0.15, 0.2) is 52.9 Å². The average Bonchev–Trinajstić information content (AvgIpc) is 1.69. The minimum atomic E-state index is -1.23. The van der Waals surface area contributed by atoms with Gasteiger partial charge in [-0.25, -0.2) is 30.0 Å². The van der Waals surface area contributed by atoms with E-state index in [2.05, 4.69) is 170 Å². The molecule has 0 spiro atoms. The summed E-state index contributed by atoms with van der Waals surface area (Å²) in [4.78, 5) is 25.4. The van der Waals surface area contributed by atoms with Crippen LogP contribution in [0.4, 0.5) is 0 Å². The number of hydrogen-bond acceptors (Lipinski definition) is 32. The molecule has 10 heterocycles. The highest BCUT2D eigenvalue weighted by atomic mass is 79.9. The van der Waals surface area contributed by atoms with Crippen molar-refractivity contribution < 1.29 is 83.9 Å². The van der Waals surface area contributed by atoms with Crippen LogP contribution in [-0.4, -0.2) is 372 Å². The number of aliphatic imine (C=N–C) groups is 4. The lowest BCUT2D eigenvalue weighted by Gasteiger charge is -2.32. The molecule has 5 saturated heterocycles. The van der Waals surface area contributed by atoms with Crippen molar-refractivity contribution in [1.29, 1.82) is 0 Å². The summed E-state index contributed by atoms with van der Waals surface area (Å²) < 4.78 is 48.1. The minimum Gasteiger partial charge on any atom is -0.491 e. The molecule has 0 radical (unpaired) electrons. The Morgan fingerprint density at radius 3 is 1.20 bits per heavy atom. The number of amidine groups is 4. The van der Waals surface area contributed by atoms with Crippen LogP contribution in [0.25, 0.3) is 0 Å². The van der Waals surface area contributed by atoms with Crippen molar-refractivity contribution in [2.75, 3.05) is 119 Å². The zero-order chi connectivity index (χ0) is 84.5. The number of aliphatic hydroxyl groups is 9. The van der Waals surface area contributed by atoms with Gasteiger partial charge in [0.1, 0.15) is 102 Å². The van der Waals surface area contributed by atoms with Gasteiger partial charge in [-0.15, -0.1) is 65.9 Å². The van der Waals surface area contributed by atoms with Crippen LogP contribution in [0.5, 0.6) is 0 Å². The van der Waals surface area contributed by atoms with Crippen molar-refractivity contribution in [2.24, 2.45) is 55.1 Å². The van der Waals surface area contributed by atoms with Gasteiger partial charge in [0, 0.05) is 37.8 Å². The quantitative estimate of drug-likeness (QED) is 0.0552. The first-order valence-electron chi connectivity index (χ1n) is 36.2. The first kappa shape index (κ1) is 96.1. The van der Waals surface area contributed by atoms with E-state index in [-0.39, 0.29) is 35.5 Å². The summed E-state index contributed by atoms with van der Waals surface area (Å²) in [5.74, 6) is 3.18. The van der Waals surface area contributed by atoms with Crippen LogP contribution in [0.15, 0.2) is 115 Å². The molecule has 1 aromatic rings. The van der Waals surface area contributed by atoms with E-state index in [4.69, 9.17) is 73.0 Å².